The van der Waals surface area contributed by atoms with Crippen LogP contribution in [-0.4, -0.2) is 58.5 Å². The van der Waals surface area contributed by atoms with Crippen molar-refractivity contribution in [3.8, 4) is 0 Å². The minimum Gasteiger partial charge on any atom is -0.354 e. The summed E-state index contributed by atoms with van der Waals surface area (Å²) in [6, 6.07) is 8.45. The molecule has 26 heavy (non-hydrogen) atoms. The standard InChI is InChI=1S/C16H17ClN6O2S/c1-12-10-15(23-16(20-12)18-11-19-23)21-6-8-22(9-7-21)26(24,25)14-5-3-2-4-13(14)17/h2-5,10-11H,6-9H2,1H3. The minimum absolute atomic E-state index is 0.147. The molecule has 136 valence electrons. The van der Waals surface area contributed by atoms with E-state index in [0.717, 1.165) is 11.5 Å². The summed E-state index contributed by atoms with van der Waals surface area (Å²) in [7, 11) is -3.61. The second-order valence-corrected chi connectivity index (χ2v) is 8.36. The first-order valence-corrected chi connectivity index (χ1v) is 9.95. The van der Waals surface area contributed by atoms with E-state index in [4.69, 9.17) is 11.6 Å². The molecule has 0 saturated carbocycles. The number of sulfonamides is 1. The van der Waals surface area contributed by atoms with Gasteiger partial charge in [-0.05, 0) is 19.1 Å². The van der Waals surface area contributed by atoms with Crippen LogP contribution in [0.4, 0.5) is 5.82 Å². The fraction of sp³-hybridized carbons (Fsp3) is 0.312. The molecule has 0 bridgehead atoms. The lowest BCUT2D eigenvalue weighted by Crippen LogP contribution is -2.49. The fourth-order valence-electron chi connectivity index (χ4n) is 3.09. The lowest BCUT2D eigenvalue weighted by atomic mass is 10.3. The molecule has 0 atom stereocenters. The predicted octanol–water partition coefficient (Wildman–Crippen LogP) is 1.60. The Morgan fingerprint density at radius 2 is 1.85 bits per heavy atom. The van der Waals surface area contributed by atoms with Crippen molar-refractivity contribution in [2.75, 3.05) is 31.1 Å². The lowest BCUT2D eigenvalue weighted by Gasteiger charge is -2.35. The first-order chi connectivity index (χ1) is 12.5. The number of halogens is 1. The van der Waals surface area contributed by atoms with Crippen LogP contribution < -0.4 is 4.90 Å². The smallest absolute Gasteiger partial charge is 0.254 e. The van der Waals surface area contributed by atoms with E-state index in [9.17, 15) is 8.42 Å². The number of hydrogen-bond acceptors (Lipinski definition) is 6. The molecular formula is C16H17ClN6O2S. The molecule has 1 aliphatic rings. The zero-order chi connectivity index (χ0) is 18.3. The number of nitrogens with zero attached hydrogens (tertiary/aromatic N) is 6. The van der Waals surface area contributed by atoms with Gasteiger partial charge in [0.2, 0.25) is 10.0 Å². The van der Waals surface area contributed by atoms with Gasteiger partial charge >= 0.3 is 0 Å². The van der Waals surface area contributed by atoms with Gasteiger partial charge < -0.3 is 4.90 Å². The SMILES string of the molecule is Cc1cc(N2CCN(S(=O)(=O)c3ccccc3Cl)CC2)n2ncnc2n1. The van der Waals surface area contributed by atoms with E-state index in [1.165, 1.54) is 16.7 Å². The van der Waals surface area contributed by atoms with E-state index in [1.807, 2.05) is 13.0 Å². The van der Waals surface area contributed by atoms with Gasteiger partial charge in [0.25, 0.3) is 5.78 Å². The van der Waals surface area contributed by atoms with Crippen LogP contribution >= 0.6 is 11.6 Å². The maximum Gasteiger partial charge on any atom is 0.254 e. The van der Waals surface area contributed by atoms with Crippen molar-refractivity contribution < 1.29 is 8.42 Å². The van der Waals surface area contributed by atoms with E-state index in [1.54, 1.807) is 22.7 Å². The maximum atomic E-state index is 12.9. The van der Waals surface area contributed by atoms with Crippen LogP contribution in [0.2, 0.25) is 5.02 Å². The predicted molar refractivity (Wildman–Crippen MR) is 97.9 cm³/mol. The highest BCUT2D eigenvalue weighted by atomic mass is 35.5. The fourth-order valence-corrected chi connectivity index (χ4v) is 5.00. The zero-order valence-corrected chi connectivity index (χ0v) is 15.7. The Morgan fingerprint density at radius 1 is 1.12 bits per heavy atom. The summed E-state index contributed by atoms with van der Waals surface area (Å²) in [5.74, 6) is 1.39. The molecule has 8 nitrogen and oxygen atoms in total. The molecule has 3 heterocycles. The van der Waals surface area contributed by atoms with Gasteiger partial charge in [0.1, 0.15) is 17.0 Å². The Kier molecular flexibility index (Phi) is 4.29. The molecule has 10 heteroatoms. The van der Waals surface area contributed by atoms with Crippen LogP contribution in [0.25, 0.3) is 5.78 Å². The zero-order valence-electron chi connectivity index (χ0n) is 14.1. The Labute approximate surface area is 156 Å². The van der Waals surface area contributed by atoms with Gasteiger partial charge in [-0.1, -0.05) is 23.7 Å². The molecule has 1 fully saturated rings. The number of aryl methyl sites for hydroxylation is 1. The summed E-state index contributed by atoms with van der Waals surface area (Å²) >= 11 is 6.08. The third kappa shape index (κ3) is 2.91. The summed E-state index contributed by atoms with van der Waals surface area (Å²) in [6.45, 7) is 3.72. The Hall–Kier alpha value is -2.23. The summed E-state index contributed by atoms with van der Waals surface area (Å²) in [4.78, 5) is 10.7. The van der Waals surface area contributed by atoms with E-state index in [2.05, 4.69) is 20.0 Å². The van der Waals surface area contributed by atoms with Gasteiger partial charge in [0.15, 0.2) is 0 Å². The summed E-state index contributed by atoms with van der Waals surface area (Å²) < 4.78 is 28.9. The number of rotatable bonds is 3. The second kappa shape index (κ2) is 6.49. The van der Waals surface area contributed by atoms with Gasteiger partial charge in [-0.3, -0.25) is 0 Å². The molecule has 0 unspecified atom stereocenters. The first kappa shape index (κ1) is 17.2. The van der Waals surface area contributed by atoms with Crippen LogP contribution in [0.1, 0.15) is 5.69 Å². The highest BCUT2D eigenvalue weighted by molar-refractivity contribution is 7.89. The number of benzene rings is 1. The first-order valence-electron chi connectivity index (χ1n) is 8.14. The number of piperazine rings is 1. The normalized spacial score (nSPS) is 16.3. The Balaban J connectivity index is 1.58. The number of aromatic nitrogens is 4. The summed E-state index contributed by atoms with van der Waals surface area (Å²) in [6.07, 6.45) is 1.46. The molecule has 1 aliphatic heterocycles. The van der Waals surface area contributed by atoms with Crippen LogP contribution in [0, 0.1) is 6.92 Å². The Bertz CT molecular complexity index is 1060. The summed E-state index contributed by atoms with van der Waals surface area (Å²) in [5, 5.41) is 4.45. The molecule has 0 aliphatic carbocycles. The highest BCUT2D eigenvalue weighted by Gasteiger charge is 2.30. The largest absolute Gasteiger partial charge is 0.354 e. The van der Waals surface area contributed by atoms with Crippen LogP contribution in [0.3, 0.4) is 0 Å². The van der Waals surface area contributed by atoms with E-state index in [0.29, 0.717) is 32.0 Å². The highest BCUT2D eigenvalue weighted by Crippen LogP contribution is 2.26. The third-order valence-electron chi connectivity index (χ3n) is 4.38. The number of fused-ring (bicyclic) bond motifs is 1. The van der Waals surface area contributed by atoms with E-state index in [-0.39, 0.29) is 9.92 Å². The quantitative estimate of drug-likeness (QED) is 0.673. The number of hydrogen-bond donors (Lipinski definition) is 0. The van der Waals surface area contributed by atoms with Crippen LogP contribution in [-0.2, 0) is 10.0 Å². The van der Waals surface area contributed by atoms with Gasteiger partial charge in [-0.15, -0.1) is 0 Å². The average molecular weight is 393 g/mol. The van der Waals surface area contributed by atoms with Crippen molar-refractivity contribution in [2.24, 2.45) is 0 Å². The van der Waals surface area contributed by atoms with E-state index < -0.39 is 10.0 Å². The van der Waals surface area contributed by atoms with Gasteiger partial charge in [-0.2, -0.15) is 18.9 Å². The molecule has 0 N–H and O–H groups in total. The summed E-state index contributed by atoms with van der Waals surface area (Å²) in [5.41, 5.74) is 0.839. The topological polar surface area (TPSA) is 83.7 Å². The second-order valence-electron chi connectivity index (χ2n) is 6.05. The van der Waals surface area contributed by atoms with Crippen LogP contribution in [0.15, 0.2) is 41.6 Å². The van der Waals surface area contributed by atoms with Crippen molar-refractivity contribution in [3.05, 3.63) is 47.4 Å². The van der Waals surface area contributed by atoms with Gasteiger partial charge in [-0.25, -0.2) is 13.4 Å². The molecule has 0 radical (unpaired) electrons. The molecule has 4 rings (SSSR count). The lowest BCUT2D eigenvalue weighted by molar-refractivity contribution is 0.383. The molecule has 3 aromatic rings. The average Bonchev–Trinajstić information content (AvgIpc) is 3.09. The van der Waals surface area contributed by atoms with Gasteiger partial charge in [0.05, 0.1) is 5.02 Å². The third-order valence-corrected chi connectivity index (χ3v) is 6.78. The minimum atomic E-state index is -3.61. The monoisotopic (exact) mass is 392 g/mol. The van der Waals surface area contributed by atoms with Crippen molar-refractivity contribution in [2.45, 2.75) is 11.8 Å². The van der Waals surface area contributed by atoms with Crippen molar-refractivity contribution in [3.63, 3.8) is 0 Å². The number of anilines is 1. The molecule has 0 spiro atoms. The van der Waals surface area contributed by atoms with Crippen molar-refractivity contribution in [1.29, 1.82) is 0 Å². The molecule has 2 aromatic heterocycles. The van der Waals surface area contributed by atoms with Crippen LogP contribution in [0.5, 0.6) is 0 Å². The van der Waals surface area contributed by atoms with Crippen molar-refractivity contribution in [1.82, 2.24) is 23.9 Å². The van der Waals surface area contributed by atoms with E-state index >= 15 is 0 Å². The van der Waals surface area contributed by atoms with Gasteiger partial charge in [0, 0.05) is 37.9 Å². The molecule has 1 aromatic carbocycles. The Morgan fingerprint density at radius 3 is 2.58 bits per heavy atom. The molecule has 0 amide bonds. The maximum absolute atomic E-state index is 12.9. The molecular weight excluding hydrogens is 376 g/mol. The molecule has 1 saturated heterocycles. The van der Waals surface area contributed by atoms with Crippen molar-refractivity contribution >= 4 is 33.2 Å².